The van der Waals surface area contributed by atoms with E-state index in [1.54, 1.807) is 0 Å². The molecule has 0 atom stereocenters. The molecule has 0 radical (unpaired) electrons. The Kier molecular flexibility index (Phi) is 3.46. The Balaban J connectivity index is 2.08. The highest BCUT2D eigenvalue weighted by molar-refractivity contribution is 6.02. The SMILES string of the molecule is C=C(C)CN1CC(=O)N(Cc2ccccc2)C1=O. The second-order valence-corrected chi connectivity index (χ2v) is 4.56. The Hall–Kier alpha value is -2.10. The maximum atomic E-state index is 12.0. The molecule has 1 heterocycles. The Morgan fingerprint density at radius 1 is 1.28 bits per heavy atom. The number of hydrogen-bond acceptors (Lipinski definition) is 2. The number of carbonyl (C=O) groups excluding carboxylic acids is 2. The molecule has 1 aliphatic heterocycles. The molecule has 1 saturated heterocycles. The highest BCUT2D eigenvalue weighted by Gasteiger charge is 2.35. The van der Waals surface area contributed by atoms with Crippen molar-refractivity contribution in [3.8, 4) is 0 Å². The van der Waals surface area contributed by atoms with Gasteiger partial charge in [0, 0.05) is 6.54 Å². The van der Waals surface area contributed by atoms with Crippen LogP contribution in [0.4, 0.5) is 4.79 Å². The van der Waals surface area contributed by atoms with Gasteiger partial charge in [-0.3, -0.25) is 9.69 Å². The smallest absolute Gasteiger partial charge is 0.311 e. The molecular formula is C14H16N2O2. The van der Waals surface area contributed by atoms with E-state index < -0.39 is 0 Å². The number of carbonyl (C=O) groups is 2. The molecule has 1 fully saturated rings. The van der Waals surface area contributed by atoms with Crippen LogP contribution in [-0.2, 0) is 11.3 Å². The Morgan fingerprint density at radius 3 is 2.56 bits per heavy atom. The van der Waals surface area contributed by atoms with Crippen molar-refractivity contribution >= 4 is 11.9 Å². The van der Waals surface area contributed by atoms with E-state index in [0.717, 1.165) is 11.1 Å². The summed E-state index contributed by atoms with van der Waals surface area (Å²) in [6.45, 7) is 6.54. The van der Waals surface area contributed by atoms with Crippen LogP contribution < -0.4 is 0 Å². The van der Waals surface area contributed by atoms with Gasteiger partial charge in [-0.05, 0) is 12.5 Å². The fourth-order valence-electron chi connectivity index (χ4n) is 1.96. The van der Waals surface area contributed by atoms with Gasteiger partial charge in [-0.15, -0.1) is 0 Å². The third-order valence-electron chi connectivity index (χ3n) is 2.77. The monoisotopic (exact) mass is 244 g/mol. The van der Waals surface area contributed by atoms with Gasteiger partial charge in [0.15, 0.2) is 0 Å². The second kappa shape index (κ2) is 5.04. The molecular weight excluding hydrogens is 228 g/mol. The summed E-state index contributed by atoms with van der Waals surface area (Å²) in [6, 6.07) is 9.28. The molecule has 3 amide bonds. The number of imide groups is 1. The zero-order chi connectivity index (χ0) is 13.1. The summed E-state index contributed by atoms with van der Waals surface area (Å²) in [5.41, 5.74) is 1.83. The van der Waals surface area contributed by atoms with Gasteiger partial charge in [-0.1, -0.05) is 42.5 Å². The van der Waals surface area contributed by atoms with Crippen LogP contribution in [0.15, 0.2) is 42.5 Å². The fourth-order valence-corrected chi connectivity index (χ4v) is 1.96. The molecule has 0 bridgehead atoms. The fraction of sp³-hybridized carbons (Fsp3) is 0.286. The van der Waals surface area contributed by atoms with E-state index in [9.17, 15) is 9.59 Å². The summed E-state index contributed by atoms with van der Waals surface area (Å²) in [4.78, 5) is 26.7. The maximum absolute atomic E-state index is 12.0. The number of nitrogens with zero attached hydrogens (tertiary/aromatic N) is 2. The molecule has 0 spiro atoms. The van der Waals surface area contributed by atoms with Gasteiger partial charge < -0.3 is 4.90 Å². The van der Waals surface area contributed by atoms with E-state index in [1.807, 2.05) is 37.3 Å². The topological polar surface area (TPSA) is 40.6 Å². The van der Waals surface area contributed by atoms with Crippen LogP contribution in [0.25, 0.3) is 0 Å². The van der Waals surface area contributed by atoms with E-state index in [0.29, 0.717) is 13.1 Å². The predicted molar refractivity (Wildman–Crippen MR) is 68.8 cm³/mol. The van der Waals surface area contributed by atoms with Crippen LogP contribution in [0, 0.1) is 0 Å². The summed E-state index contributed by atoms with van der Waals surface area (Å²) in [5.74, 6) is -0.148. The standard InChI is InChI=1S/C14H16N2O2/c1-11(2)8-15-10-13(17)16(14(15)18)9-12-6-4-3-5-7-12/h3-7H,1,8-10H2,2H3. The van der Waals surface area contributed by atoms with Crippen LogP contribution in [0.1, 0.15) is 12.5 Å². The van der Waals surface area contributed by atoms with Crippen molar-refractivity contribution in [3.05, 3.63) is 48.0 Å². The van der Waals surface area contributed by atoms with Crippen molar-refractivity contribution in [3.63, 3.8) is 0 Å². The van der Waals surface area contributed by atoms with Crippen LogP contribution in [-0.4, -0.2) is 34.8 Å². The molecule has 18 heavy (non-hydrogen) atoms. The zero-order valence-corrected chi connectivity index (χ0v) is 10.4. The van der Waals surface area contributed by atoms with E-state index in [4.69, 9.17) is 0 Å². The first-order chi connectivity index (χ1) is 8.58. The van der Waals surface area contributed by atoms with Gasteiger partial charge in [0.25, 0.3) is 5.91 Å². The van der Waals surface area contributed by atoms with Gasteiger partial charge in [0.05, 0.1) is 6.54 Å². The van der Waals surface area contributed by atoms with E-state index in [-0.39, 0.29) is 18.5 Å². The molecule has 1 aromatic carbocycles. The van der Waals surface area contributed by atoms with Crippen molar-refractivity contribution in [1.82, 2.24) is 9.80 Å². The zero-order valence-electron chi connectivity index (χ0n) is 10.4. The summed E-state index contributed by atoms with van der Waals surface area (Å²) in [5, 5.41) is 0. The van der Waals surface area contributed by atoms with Gasteiger partial charge in [0.2, 0.25) is 0 Å². The van der Waals surface area contributed by atoms with Gasteiger partial charge in [0.1, 0.15) is 6.54 Å². The number of rotatable bonds is 4. The first-order valence-corrected chi connectivity index (χ1v) is 5.85. The van der Waals surface area contributed by atoms with Crippen LogP contribution >= 0.6 is 0 Å². The molecule has 0 aliphatic carbocycles. The summed E-state index contributed by atoms with van der Waals surface area (Å²) < 4.78 is 0. The minimum Gasteiger partial charge on any atom is -0.311 e. The first kappa shape index (κ1) is 12.4. The van der Waals surface area contributed by atoms with E-state index in [2.05, 4.69) is 6.58 Å². The maximum Gasteiger partial charge on any atom is 0.327 e. The molecule has 4 heteroatoms. The minimum absolute atomic E-state index is 0.148. The van der Waals surface area contributed by atoms with Crippen molar-refractivity contribution in [2.24, 2.45) is 0 Å². The Morgan fingerprint density at radius 2 is 1.94 bits per heavy atom. The second-order valence-electron chi connectivity index (χ2n) is 4.56. The quantitative estimate of drug-likeness (QED) is 0.600. The van der Waals surface area contributed by atoms with Crippen LogP contribution in [0.5, 0.6) is 0 Å². The normalized spacial score (nSPS) is 15.4. The van der Waals surface area contributed by atoms with Gasteiger partial charge in [-0.25, -0.2) is 4.79 Å². The first-order valence-electron chi connectivity index (χ1n) is 5.85. The lowest BCUT2D eigenvalue weighted by molar-refractivity contribution is -0.125. The molecule has 0 saturated carbocycles. The molecule has 2 rings (SSSR count). The number of amides is 3. The average Bonchev–Trinajstić information content (AvgIpc) is 2.58. The Labute approximate surface area is 106 Å². The highest BCUT2D eigenvalue weighted by atomic mass is 16.2. The summed E-state index contributed by atoms with van der Waals surface area (Å²) >= 11 is 0. The van der Waals surface area contributed by atoms with E-state index in [1.165, 1.54) is 9.80 Å². The average molecular weight is 244 g/mol. The number of hydrogen-bond donors (Lipinski definition) is 0. The third-order valence-corrected chi connectivity index (χ3v) is 2.77. The molecule has 94 valence electrons. The predicted octanol–water partition coefficient (Wildman–Crippen LogP) is 2.03. The van der Waals surface area contributed by atoms with Crippen molar-refractivity contribution in [2.45, 2.75) is 13.5 Å². The largest absolute Gasteiger partial charge is 0.327 e. The molecule has 4 nitrogen and oxygen atoms in total. The lowest BCUT2D eigenvalue weighted by Crippen LogP contribution is -2.33. The minimum atomic E-state index is -0.230. The number of urea groups is 1. The molecule has 0 aromatic heterocycles. The van der Waals surface area contributed by atoms with Crippen molar-refractivity contribution < 1.29 is 9.59 Å². The van der Waals surface area contributed by atoms with Crippen molar-refractivity contribution in [2.75, 3.05) is 13.1 Å². The van der Waals surface area contributed by atoms with E-state index >= 15 is 0 Å². The Bertz CT molecular complexity index is 482. The summed E-state index contributed by atoms with van der Waals surface area (Å²) in [7, 11) is 0. The highest BCUT2D eigenvalue weighted by Crippen LogP contribution is 2.15. The lowest BCUT2D eigenvalue weighted by Gasteiger charge is -2.17. The van der Waals surface area contributed by atoms with Crippen molar-refractivity contribution in [1.29, 1.82) is 0 Å². The molecule has 1 aromatic rings. The van der Waals surface area contributed by atoms with Crippen LogP contribution in [0.2, 0.25) is 0 Å². The molecule has 0 unspecified atom stereocenters. The van der Waals surface area contributed by atoms with Gasteiger partial charge in [-0.2, -0.15) is 0 Å². The summed E-state index contributed by atoms with van der Waals surface area (Å²) in [6.07, 6.45) is 0. The molecule has 1 aliphatic rings. The third kappa shape index (κ3) is 2.59. The van der Waals surface area contributed by atoms with Crippen LogP contribution in [0.3, 0.4) is 0 Å². The lowest BCUT2D eigenvalue weighted by atomic mass is 10.2. The van der Waals surface area contributed by atoms with Gasteiger partial charge >= 0.3 is 6.03 Å². The molecule has 0 N–H and O–H groups in total. The number of benzene rings is 1.